The van der Waals surface area contributed by atoms with Crippen molar-refractivity contribution < 1.29 is 23.9 Å². The van der Waals surface area contributed by atoms with E-state index in [9.17, 15) is 23.9 Å². The van der Waals surface area contributed by atoms with Gasteiger partial charge in [0, 0.05) is 11.3 Å². The van der Waals surface area contributed by atoms with Crippen LogP contribution in [0.5, 0.6) is 0 Å². The number of aliphatic hydroxyl groups is 1. The molecule has 194 valence electrons. The number of aliphatic hydroxyl groups excluding tert-OH is 1. The maximum atomic E-state index is 14.0. The smallest absolute Gasteiger partial charge is 0.259 e. The molecule has 37 heavy (non-hydrogen) atoms. The number of Topliss-reactive ketones (excluding diaryl/α,β-unsaturated/α-hetero) is 1. The Bertz CT molecular complexity index is 1190. The molecule has 0 aromatic heterocycles. The number of amides is 2. The number of aryl methyl sites for hydroxylation is 1. The lowest BCUT2D eigenvalue weighted by atomic mass is 9.94. The first-order valence-corrected chi connectivity index (χ1v) is 12.5. The third kappa shape index (κ3) is 7.33. The molecule has 6 nitrogen and oxygen atoms in total. The number of nitrogens with zero attached hydrogens (tertiary/aromatic N) is 1. The Morgan fingerprint density at radius 1 is 0.946 bits per heavy atom. The molecule has 3 rings (SSSR count). The van der Waals surface area contributed by atoms with Crippen molar-refractivity contribution >= 4 is 23.3 Å². The van der Waals surface area contributed by atoms with Crippen molar-refractivity contribution in [3.05, 3.63) is 102 Å². The molecular weight excluding hydrogens is 471 g/mol. The molecule has 0 spiro atoms. The van der Waals surface area contributed by atoms with Crippen LogP contribution in [0.3, 0.4) is 0 Å². The summed E-state index contributed by atoms with van der Waals surface area (Å²) in [5.41, 5.74) is 1.58. The standard InChI is InChI=1S/C30H33FN2O4/c1-3-21(2)28(29(36)32-26(27(35)20-34)18-17-22-11-6-4-7-12-22)33(25-15-8-5-9-16-25)30(37)23-13-10-14-24(31)19-23/h4-16,19,21,26,28,34H,3,17-18,20H2,1-2H3,(H,32,36)/t21?,26-,28-/m0/s1. The van der Waals surface area contributed by atoms with Crippen LogP contribution in [0.25, 0.3) is 0 Å². The lowest BCUT2D eigenvalue weighted by Crippen LogP contribution is -2.56. The average Bonchev–Trinajstić information content (AvgIpc) is 2.93. The van der Waals surface area contributed by atoms with Gasteiger partial charge in [0.1, 0.15) is 18.5 Å². The monoisotopic (exact) mass is 504 g/mol. The van der Waals surface area contributed by atoms with Crippen LogP contribution in [0.15, 0.2) is 84.9 Å². The first-order valence-electron chi connectivity index (χ1n) is 12.5. The van der Waals surface area contributed by atoms with E-state index >= 15 is 0 Å². The van der Waals surface area contributed by atoms with Crippen LogP contribution < -0.4 is 10.2 Å². The number of benzene rings is 3. The number of carbonyl (C=O) groups excluding carboxylic acids is 3. The second kappa shape index (κ2) is 13.5. The van der Waals surface area contributed by atoms with Gasteiger partial charge < -0.3 is 10.4 Å². The summed E-state index contributed by atoms with van der Waals surface area (Å²) in [6.45, 7) is 3.05. The van der Waals surface area contributed by atoms with Gasteiger partial charge in [-0.15, -0.1) is 0 Å². The number of rotatable bonds is 12. The van der Waals surface area contributed by atoms with Crippen molar-refractivity contribution in [3.8, 4) is 0 Å². The van der Waals surface area contributed by atoms with Crippen LogP contribution in [0, 0.1) is 11.7 Å². The second-order valence-electron chi connectivity index (χ2n) is 9.06. The number of ketones is 1. The van der Waals surface area contributed by atoms with Crippen LogP contribution in [0.4, 0.5) is 10.1 Å². The van der Waals surface area contributed by atoms with E-state index < -0.39 is 42.1 Å². The minimum atomic E-state index is -0.978. The van der Waals surface area contributed by atoms with Crippen molar-refractivity contribution in [2.45, 2.75) is 45.2 Å². The molecule has 0 radical (unpaired) electrons. The number of hydrogen-bond acceptors (Lipinski definition) is 4. The second-order valence-corrected chi connectivity index (χ2v) is 9.06. The van der Waals surface area contributed by atoms with Crippen molar-refractivity contribution in [2.75, 3.05) is 11.5 Å². The molecule has 3 atom stereocenters. The van der Waals surface area contributed by atoms with Crippen LogP contribution in [0.1, 0.15) is 42.6 Å². The van der Waals surface area contributed by atoms with Crippen molar-refractivity contribution in [1.29, 1.82) is 0 Å². The van der Waals surface area contributed by atoms with E-state index in [2.05, 4.69) is 5.32 Å². The molecule has 0 aliphatic heterocycles. The summed E-state index contributed by atoms with van der Waals surface area (Å²) in [5.74, 6) is -2.40. The molecular formula is C30H33FN2O4. The summed E-state index contributed by atoms with van der Waals surface area (Å²) in [6.07, 6.45) is 1.39. The first-order chi connectivity index (χ1) is 17.8. The molecule has 2 N–H and O–H groups in total. The average molecular weight is 505 g/mol. The van der Waals surface area contributed by atoms with Crippen LogP contribution >= 0.6 is 0 Å². The molecule has 0 bridgehead atoms. The fraction of sp³-hybridized carbons (Fsp3) is 0.300. The normalized spacial score (nSPS) is 13.3. The Kier molecular flexibility index (Phi) is 10.1. The molecule has 1 unspecified atom stereocenters. The SMILES string of the molecule is CCC(C)[C@@H](C(=O)N[C@@H](CCc1ccccc1)C(=O)CO)N(C(=O)c1cccc(F)c1)c1ccccc1. The number of anilines is 1. The predicted octanol–water partition coefficient (Wildman–Crippen LogP) is 4.57. The maximum Gasteiger partial charge on any atom is 0.259 e. The highest BCUT2D eigenvalue weighted by molar-refractivity contribution is 6.10. The van der Waals surface area contributed by atoms with Gasteiger partial charge in [0.05, 0.1) is 6.04 Å². The molecule has 0 aliphatic carbocycles. The summed E-state index contributed by atoms with van der Waals surface area (Å²) >= 11 is 0. The maximum absolute atomic E-state index is 14.0. The number of hydrogen-bond donors (Lipinski definition) is 2. The fourth-order valence-electron chi connectivity index (χ4n) is 4.24. The molecule has 3 aromatic carbocycles. The van der Waals surface area contributed by atoms with Crippen LogP contribution in [-0.4, -0.2) is 41.4 Å². The van der Waals surface area contributed by atoms with Crippen molar-refractivity contribution in [2.24, 2.45) is 5.92 Å². The number of halogens is 1. The van der Waals surface area contributed by atoms with Gasteiger partial charge in [0.2, 0.25) is 5.91 Å². The van der Waals surface area contributed by atoms with E-state index in [-0.39, 0.29) is 11.5 Å². The van der Waals surface area contributed by atoms with Gasteiger partial charge in [-0.1, -0.05) is 74.9 Å². The van der Waals surface area contributed by atoms with E-state index in [1.807, 2.05) is 44.2 Å². The third-order valence-electron chi connectivity index (χ3n) is 6.48. The first kappa shape index (κ1) is 27.7. The zero-order chi connectivity index (χ0) is 26.8. The summed E-state index contributed by atoms with van der Waals surface area (Å²) in [6, 6.07) is 21.7. The Morgan fingerprint density at radius 2 is 1.59 bits per heavy atom. The predicted molar refractivity (Wildman–Crippen MR) is 142 cm³/mol. The summed E-state index contributed by atoms with van der Waals surface area (Å²) in [5, 5.41) is 12.4. The highest BCUT2D eigenvalue weighted by atomic mass is 19.1. The lowest BCUT2D eigenvalue weighted by Gasteiger charge is -2.35. The number of nitrogens with one attached hydrogen (secondary N) is 1. The molecule has 7 heteroatoms. The zero-order valence-corrected chi connectivity index (χ0v) is 21.1. The van der Waals surface area contributed by atoms with Gasteiger partial charge in [-0.25, -0.2) is 4.39 Å². The highest BCUT2D eigenvalue weighted by Gasteiger charge is 2.37. The summed E-state index contributed by atoms with van der Waals surface area (Å²) in [7, 11) is 0. The van der Waals surface area contributed by atoms with Gasteiger partial charge in [-0.3, -0.25) is 19.3 Å². The van der Waals surface area contributed by atoms with Gasteiger partial charge in [-0.2, -0.15) is 0 Å². The summed E-state index contributed by atoms with van der Waals surface area (Å²) in [4.78, 5) is 41.5. The van der Waals surface area contributed by atoms with Crippen molar-refractivity contribution in [3.63, 3.8) is 0 Å². The van der Waals surface area contributed by atoms with Gasteiger partial charge in [0.25, 0.3) is 5.91 Å². The fourth-order valence-corrected chi connectivity index (χ4v) is 4.24. The van der Waals surface area contributed by atoms with Crippen LogP contribution in [0.2, 0.25) is 0 Å². The minimum Gasteiger partial charge on any atom is -0.389 e. The van der Waals surface area contributed by atoms with Crippen molar-refractivity contribution in [1.82, 2.24) is 5.32 Å². The molecule has 0 saturated carbocycles. The molecule has 3 aromatic rings. The number of carbonyl (C=O) groups is 3. The molecule has 0 heterocycles. The minimum absolute atomic E-state index is 0.108. The molecule has 2 amide bonds. The largest absolute Gasteiger partial charge is 0.389 e. The molecule has 0 saturated heterocycles. The Hall–Kier alpha value is -3.84. The van der Waals surface area contributed by atoms with E-state index in [4.69, 9.17) is 0 Å². The number of para-hydroxylation sites is 1. The Balaban J connectivity index is 1.96. The van der Waals surface area contributed by atoms with Gasteiger partial charge in [-0.05, 0) is 54.7 Å². The quantitative estimate of drug-likeness (QED) is 0.378. The third-order valence-corrected chi connectivity index (χ3v) is 6.48. The van der Waals surface area contributed by atoms with E-state index in [1.54, 1.807) is 30.3 Å². The van der Waals surface area contributed by atoms with E-state index in [0.29, 0.717) is 24.9 Å². The lowest BCUT2D eigenvalue weighted by molar-refractivity contribution is -0.130. The Labute approximate surface area is 217 Å². The summed E-state index contributed by atoms with van der Waals surface area (Å²) < 4.78 is 14.0. The molecule has 0 aliphatic rings. The van der Waals surface area contributed by atoms with Gasteiger partial charge >= 0.3 is 0 Å². The van der Waals surface area contributed by atoms with E-state index in [1.165, 1.54) is 23.1 Å². The highest BCUT2D eigenvalue weighted by Crippen LogP contribution is 2.26. The van der Waals surface area contributed by atoms with E-state index in [0.717, 1.165) is 11.6 Å². The zero-order valence-electron chi connectivity index (χ0n) is 21.1. The van der Waals surface area contributed by atoms with Crippen LogP contribution in [-0.2, 0) is 16.0 Å². The Morgan fingerprint density at radius 3 is 2.19 bits per heavy atom. The van der Waals surface area contributed by atoms with Gasteiger partial charge in [0.15, 0.2) is 5.78 Å². The molecule has 0 fully saturated rings. The topological polar surface area (TPSA) is 86.7 Å².